The van der Waals surface area contributed by atoms with Crippen molar-refractivity contribution >= 4 is 88.2 Å². The number of hydrogen-bond acceptors (Lipinski definition) is 15. The van der Waals surface area contributed by atoms with E-state index in [2.05, 4.69) is 37.2 Å². The number of alkyl carbamates (subject to hydrolysis) is 1. The van der Waals surface area contributed by atoms with Crippen molar-refractivity contribution in [1.29, 1.82) is 0 Å². The lowest BCUT2D eigenvalue weighted by Gasteiger charge is -2.41. The van der Waals surface area contributed by atoms with Gasteiger partial charge in [-0.2, -0.15) is 0 Å². The Kier molecular flexibility index (Phi) is 31.3. The predicted molar refractivity (Wildman–Crippen MR) is 353 cm³/mol. The Labute approximate surface area is 551 Å². The number of thiocarbonyl (C=S) groups is 1. The molecule has 1 fully saturated rings. The van der Waals surface area contributed by atoms with E-state index in [0.29, 0.717) is 61.3 Å². The highest BCUT2D eigenvalue weighted by Gasteiger charge is 2.44. The molecule has 514 valence electrons. The minimum Gasteiger partial charge on any atom is -0.480 e. The number of amides is 11. The molecule has 0 spiro atoms. The summed E-state index contributed by atoms with van der Waals surface area (Å²) in [6.45, 7) is 16.3. The van der Waals surface area contributed by atoms with Crippen LogP contribution in [0.2, 0.25) is 0 Å². The van der Waals surface area contributed by atoms with Crippen molar-refractivity contribution in [2.75, 3.05) is 46.2 Å². The van der Waals surface area contributed by atoms with E-state index in [9.17, 15) is 57.8 Å². The van der Waals surface area contributed by atoms with E-state index in [1.54, 1.807) is 71.0 Å². The van der Waals surface area contributed by atoms with E-state index in [-0.39, 0.29) is 81.4 Å². The number of benzene rings is 2. The number of nitrogens with zero attached hydrogens (tertiary/aromatic N) is 3. The van der Waals surface area contributed by atoms with Crippen LogP contribution in [0.3, 0.4) is 0 Å². The molecule has 2 aliphatic rings. The van der Waals surface area contributed by atoms with Gasteiger partial charge in [0, 0.05) is 77.5 Å². The Bertz CT molecular complexity index is 2910. The van der Waals surface area contributed by atoms with Crippen molar-refractivity contribution in [1.82, 2.24) is 46.6 Å². The number of carboxylic acid groups (broad SMARTS) is 1. The molecule has 10 atom stereocenters. The van der Waals surface area contributed by atoms with Gasteiger partial charge in [0.15, 0.2) is 0 Å². The normalized spacial score (nSPS) is 16.8. The number of nitrogens with two attached hydrogens (primary N) is 1. The van der Waals surface area contributed by atoms with Crippen LogP contribution in [0.25, 0.3) is 0 Å². The first-order valence-electron chi connectivity index (χ1n) is 32.0. The smallest absolute Gasteiger partial charge is 0.408 e. The molecule has 1 saturated heterocycles. The van der Waals surface area contributed by atoms with Crippen LogP contribution in [-0.4, -0.2) is 185 Å². The third-order valence-corrected chi connectivity index (χ3v) is 17.5. The number of likely N-dealkylation sites (N-methyl/N-ethyl adjacent to an activating group) is 1. The Morgan fingerprint density at radius 2 is 1.43 bits per heavy atom. The van der Waals surface area contributed by atoms with Crippen LogP contribution in [0.1, 0.15) is 138 Å². The van der Waals surface area contributed by atoms with Gasteiger partial charge in [-0.1, -0.05) is 116 Å². The number of likely N-dealkylation sites (tertiary alicyclic amines) is 1. The molecule has 27 heteroatoms. The van der Waals surface area contributed by atoms with Crippen LogP contribution >= 0.6 is 12.2 Å². The molecule has 4 rings (SSSR count). The number of anilines is 1. The van der Waals surface area contributed by atoms with Gasteiger partial charge in [-0.25, -0.2) is 14.4 Å². The van der Waals surface area contributed by atoms with E-state index >= 15 is 0 Å². The number of unbranched alkanes of at least 4 members (excludes halogenated alkanes) is 2. The summed E-state index contributed by atoms with van der Waals surface area (Å²) < 4.78 is 17.6. The zero-order valence-electron chi connectivity index (χ0n) is 55.9. The van der Waals surface area contributed by atoms with Gasteiger partial charge in [0.1, 0.15) is 36.3 Å². The summed E-state index contributed by atoms with van der Waals surface area (Å²) in [5.74, 6) is -6.20. The number of hydrogen-bond donors (Lipinski definition) is 9. The highest BCUT2D eigenvalue weighted by molar-refractivity contribution is 7.80. The summed E-state index contributed by atoms with van der Waals surface area (Å²) in [6, 6.07) is 9.57. The molecule has 2 aliphatic heterocycles. The van der Waals surface area contributed by atoms with Gasteiger partial charge in [0.25, 0.3) is 11.8 Å². The maximum atomic E-state index is 14.7. The first-order valence-corrected chi connectivity index (χ1v) is 32.4. The monoisotopic (exact) mass is 1320 g/mol. The van der Waals surface area contributed by atoms with Crippen molar-refractivity contribution < 1.29 is 72.1 Å². The first-order chi connectivity index (χ1) is 43.9. The number of aliphatic carboxylic acids is 1. The second-order valence-corrected chi connectivity index (χ2v) is 25.6. The molecule has 0 aliphatic carbocycles. The Hall–Kier alpha value is -8.04. The number of rotatable bonds is 38. The summed E-state index contributed by atoms with van der Waals surface area (Å²) >= 11 is 5.79. The van der Waals surface area contributed by atoms with E-state index < -0.39 is 113 Å². The fourth-order valence-electron chi connectivity index (χ4n) is 11.3. The van der Waals surface area contributed by atoms with Crippen molar-refractivity contribution in [3.05, 3.63) is 77.9 Å². The highest BCUT2D eigenvalue weighted by atomic mass is 32.1. The third kappa shape index (κ3) is 23.8. The third-order valence-electron chi connectivity index (χ3n) is 17.0. The molecule has 26 nitrogen and oxygen atoms in total. The minimum atomic E-state index is -1.60. The van der Waals surface area contributed by atoms with Crippen LogP contribution in [0.5, 0.6) is 0 Å². The van der Waals surface area contributed by atoms with Gasteiger partial charge in [-0.3, -0.25) is 43.3 Å². The fourth-order valence-corrected chi connectivity index (χ4v) is 11.6. The van der Waals surface area contributed by atoms with Crippen LogP contribution in [0.15, 0.2) is 66.7 Å². The Balaban J connectivity index is 1.34. The zero-order chi connectivity index (χ0) is 69.3. The number of carbonyl (C=O) groups is 11. The number of primary amides is 1. The number of carboxylic acids is 1. The van der Waals surface area contributed by atoms with Crippen molar-refractivity contribution in [2.45, 2.75) is 194 Å². The summed E-state index contributed by atoms with van der Waals surface area (Å²) in [6.07, 6.45) is 4.10. The maximum Gasteiger partial charge on any atom is 0.408 e. The summed E-state index contributed by atoms with van der Waals surface area (Å²) in [5.41, 5.74) is 5.30. The van der Waals surface area contributed by atoms with Crippen LogP contribution in [0.4, 0.5) is 15.3 Å². The van der Waals surface area contributed by atoms with Gasteiger partial charge in [-0.15, -0.1) is 0 Å². The Morgan fingerprint density at radius 1 is 0.785 bits per heavy atom. The summed E-state index contributed by atoms with van der Waals surface area (Å²) in [7, 11) is 4.65. The first kappa shape index (κ1) is 77.4. The number of nitrogens with one attached hydrogen (secondary N) is 7. The van der Waals surface area contributed by atoms with E-state index in [0.717, 1.165) is 10.5 Å². The van der Waals surface area contributed by atoms with Gasteiger partial charge >= 0.3 is 18.1 Å². The fraction of sp³-hybridized carbons (Fsp3) is 0.606. The van der Waals surface area contributed by atoms with Crippen molar-refractivity contribution in [3.63, 3.8) is 0 Å². The molecule has 0 radical (unpaired) electrons. The minimum absolute atomic E-state index is 0.0813. The summed E-state index contributed by atoms with van der Waals surface area (Å²) in [5, 5.41) is 29.3. The van der Waals surface area contributed by atoms with Gasteiger partial charge in [0.05, 0.1) is 35.7 Å². The number of ether oxygens (including phenoxy) is 3. The molecule has 2 aromatic carbocycles. The second-order valence-electron chi connectivity index (χ2n) is 25.1. The molecule has 0 unspecified atom stereocenters. The topological polar surface area (TPSA) is 356 Å². The lowest BCUT2D eigenvalue weighted by atomic mass is 9.89. The molecule has 0 bridgehead atoms. The molecule has 93 heavy (non-hydrogen) atoms. The molecular weight excluding hydrogens is 1220 g/mol. The molecule has 10 N–H and O–H groups in total. The molecule has 0 saturated carbocycles. The van der Waals surface area contributed by atoms with Crippen LogP contribution < -0.4 is 43.0 Å². The van der Waals surface area contributed by atoms with Gasteiger partial charge in [0.2, 0.25) is 35.4 Å². The number of imide groups is 1. The molecule has 2 heterocycles. The van der Waals surface area contributed by atoms with E-state index in [4.69, 9.17) is 32.2 Å². The average Bonchev–Trinajstić information content (AvgIpc) is 1.79. The second kappa shape index (κ2) is 37.6. The lowest BCUT2D eigenvalue weighted by molar-refractivity contribution is -0.147. The van der Waals surface area contributed by atoms with E-state index in [1.807, 2.05) is 51.1 Å². The van der Waals surface area contributed by atoms with E-state index in [1.165, 1.54) is 38.0 Å². The quantitative estimate of drug-likeness (QED) is 0.0246. The zero-order valence-corrected chi connectivity index (χ0v) is 56.7. The number of methoxy groups -OCH3 is 2. The number of carbonyl (C=O) groups excluding carboxylic acids is 10. The lowest BCUT2D eigenvalue weighted by Crippen LogP contribution is -2.62. The highest BCUT2D eigenvalue weighted by Crippen LogP contribution is 2.30. The standard InChI is InChI=1S/C66H99N11O15S/c1-13-41(6)56(49(90-11)37-53(81)76-35-21-25-48(76)57(91-12)42(7)60(93)71-47(62(85)86)36-43-22-16-14-17-23-43)75(10)61(84)55(40(4)5)73-63(87)66(8,9)74-65(89)92-38-44-27-29-45(30-28-44)69-58(82)46(24-20-33-68-64(67)88)70-59(83)54(39(2)3)72-50(78)26-18-15-19-34-77-51(79)31-32-52(77)80/h14,16-17,22-23,27-32,39-42,46-49,54-57H,13,15,18-21,24-26,33-38H2,1-12H3,(H,69,82)(H,70,83)(H,71,93)(H,72,78)(H,73,87)(H,74,89)(H,85,86)(H3,67,68,88)/t41-,42+,46-,47-,48-,49+,54-,55-,56-,57+/m0/s1. The van der Waals surface area contributed by atoms with Crippen LogP contribution in [0, 0.1) is 23.7 Å². The van der Waals surface area contributed by atoms with Gasteiger partial charge in [-0.05, 0) is 93.4 Å². The largest absolute Gasteiger partial charge is 0.480 e. The Morgan fingerprint density at radius 3 is 2.01 bits per heavy atom. The van der Waals surface area contributed by atoms with Crippen molar-refractivity contribution in [3.8, 4) is 0 Å². The summed E-state index contributed by atoms with van der Waals surface area (Å²) in [4.78, 5) is 149. The average molecular weight is 1320 g/mol. The maximum absolute atomic E-state index is 14.7. The SMILES string of the molecule is CC[C@H](C)[C@@H]([C@@H](CC(=O)N1CCC[C@H]1[C@H](OC)[C@@H](C)C(=S)N[C@@H](Cc1ccccc1)C(=O)O)OC)N(C)C(=O)[C@@H](NC(=O)C(C)(C)NC(=O)OCc1ccc(NC(=O)[C@H](CCCNC(N)=O)NC(=O)[C@@H](NC(=O)CCCCCN2C(=O)C=CC2=O)C(C)C)cc1)C(C)C. The molecule has 2 aromatic rings. The predicted octanol–water partition coefficient (Wildman–Crippen LogP) is 4.86. The molecular formula is C66H99N11O15S. The molecule has 11 amide bonds. The number of urea groups is 1. The van der Waals surface area contributed by atoms with Gasteiger partial charge < -0.3 is 72.1 Å². The van der Waals surface area contributed by atoms with Crippen LogP contribution in [-0.2, 0) is 70.4 Å². The molecule has 0 aromatic heterocycles. The van der Waals surface area contributed by atoms with Crippen molar-refractivity contribution in [2.24, 2.45) is 29.4 Å².